The zero-order valence-electron chi connectivity index (χ0n) is 27.2. The monoisotopic (exact) mass is 689 g/mol. The fourth-order valence-corrected chi connectivity index (χ4v) is 8.67. The first-order valence-electron chi connectivity index (χ1n) is 17.0. The van der Waals surface area contributed by atoms with E-state index in [1.807, 2.05) is 60.7 Å². The van der Waals surface area contributed by atoms with Crippen LogP contribution in [0.15, 0.2) is 163 Å². The van der Waals surface area contributed by atoms with E-state index >= 15 is 0 Å². The van der Waals surface area contributed by atoms with Gasteiger partial charge in [0.15, 0.2) is 22.7 Å². The molecule has 0 radical (unpaired) electrons. The SMILES string of the molecule is c1ccc(-c2cccc3c2oc2cc4c(cc23)Oc2cc(-c3nc5ccccc5o3)cc3c2N4c2ccc(-c4nc5ccccc5o4)cc2S3)cc1. The van der Waals surface area contributed by atoms with Crippen molar-refractivity contribution < 1.29 is 18.0 Å². The third-order valence-electron chi connectivity index (χ3n) is 9.89. The molecule has 0 spiro atoms. The van der Waals surface area contributed by atoms with E-state index in [4.69, 9.17) is 28.0 Å². The summed E-state index contributed by atoms with van der Waals surface area (Å²) in [5.41, 5.74) is 11.5. The minimum atomic E-state index is 0.539. The quantitative estimate of drug-likeness (QED) is 0.181. The van der Waals surface area contributed by atoms with Gasteiger partial charge in [-0.05, 0) is 66.2 Å². The standard InChI is InChI=1S/C44H23N3O4S/c1-2-9-24(10-3-1)27-11-8-12-28-29-22-37-33(23-36(29)49-42(27)28)47-32-18-17-25(43-45-30-13-4-6-15-34(30)50-43)20-39(32)52-40-21-26(19-38(48-37)41(40)47)44-46-31-14-5-7-16-35(31)51-44/h1-23H. The van der Waals surface area contributed by atoms with Crippen LogP contribution in [0.2, 0.25) is 0 Å². The summed E-state index contributed by atoms with van der Waals surface area (Å²) in [5, 5.41) is 2.02. The van der Waals surface area contributed by atoms with Gasteiger partial charge in [0.05, 0.1) is 11.4 Å². The zero-order chi connectivity index (χ0) is 33.9. The Hall–Kier alpha value is -6.77. The van der Waals surface area contributed by atoms with Crippen molar-refractivity contribution >= 4 is 73.0 Å². The molecule has 2 aliphatic rings. The third kappa shape index (κ3) is 4.03. The van der Waals surface area contributed by atoms with Crippen LogP contribution >= 0.6 is 11.8 Å². The summed E-state index contributed by atoms with van der Waals surface area (Å²) in [6, 6.07) is 47.0. The van der Waals surface area contributed by atoms with Gasteiger partial charge in [-0.2, -0.15) is 0 Å². The van der Waals surface area contributed by atoms with Gasteiger partial charge in [0.25, 0.3) is 0 Å². The van der Waals surface area contributed by atoms with Gasteiger partial charge in [0.2, 0.25) is 11.8 Å². The molecule has 52 heavy (non-hydrogen) atoms. The molecule has 3 aromatic heterocycles. The minimum absolute atomic E-state index is 0.539. The molecule has 5 heterocycles. The molecule has 0 atom stereocenters. The predicted molar refractivity (Wildman–Crippen MR) is 204 cm³/mol. The molecule has 7 aromatic carbocycles. The number of hydrogen-bond donors (Lipinski definition) is 0. The average Bonchev–Trinajstić information content (AvgIpc) is 3.92. The summed E-state index contributed by atoms with van der Waals surface area (Å²) in [4.78, 5) is 14.0. The number of furan rings is 1. The molecule has 8 heteroatoms. The van der Waals surface area contributed by atoms with Gasteiger partial charge in [0.1, 0.15) is 27.9 Å². The normalized spacial score (nSPS) is 13.0. The molecule has 0 saturated carbocycles. The zero-order valence-corrected chi connectivity index (χ0v) is 28.0. The Morgan fingerprint density at radius 3 is 2.00 bits per heavy atom. The molecular weight excluding hydrogens is 667 g/mol. The summed E-state index contributed by atoms with van der Waals surface area (Å²) in [6.45, 7) is 0. The number of aromatic nitrogens is 2. The van der Waals surface area contributed by atoms with Crippen LogP contribution in [0.1, 0.15) is 0 Å². The van der Waals surface area contributed by atoms with E-state index < -0.39 is 0 Å². The number of benzene rings is 7. The molecular formula is C44H23N3O4S. The van der Waals surface area contributed by atoms with Crippen molar-refractivity contribution in [1.82, 2.24) is 9.97 Å². The number of anilines is 3. The van der Waals surface area contributed by atoms with Crippen molar-refractivity contribution in [3.8, 4) is 45.5 Å². The number of nitrogens with zero attached hydrogens (tertiary/aromatic N) is 3. The van der Waals surface area contributed by atoms with Gasteiger partial charge >= 0.3 is 0 Å². The van der Waals surface area contributed by atoms with Crippen LogP contribution in [0.25, 0.3) is 78.2 Å². The van der Waals surface area contributed by atoms with Gasteiger partial charge in [-0.15, -0.1) is 0 Å². The van der Waals surface area contributed by atoms with E-state index in [0.29, 0.717) is 11.8 Å². The number of hydrogen-bond acceptors (Lipinski definition) is 8. The molecule has 244 valence electrons. The Morgan fingerprint density at radius 1 is 0.481 bits per heavy atom. The van der Waals surface area contributed by atoms with Crippen LogP contribution in [-0.2, 0) is 0 Å². The number of para-hydroxylation sites is 5. The first-order valence-corrected chi connectivity index (χ1v) is 17.8. The maximum absolute atomic E-state index is 6.85. The van der Waals surface area contributed by atoms with Gasteiger partial charge in [-0.3, -0.25) is 0 Å². The molecule has 2 aliphatic heterocycles. The van der Waals surface area contributed by atoms with Crippen LogP contribution in [-0.4, -0.2) is 9.97 Å². The topological polar surface area (TPSA) is 77.7 Å². The van der Waals surface area contributed by atoms with Crippen LogP contribution in [0.5, 0.6) is 11.5 Å². The lowest BCUT2D eigenvalue weighted by Gasteiger charge is -2.38. The largest absolute Gasteiger partial charge is 0.455 e. The fourth-order valence-electron chi connectivity index (χ4n) is 7.51. The van der Waals surface area contributed by atoms with E-state index in [1.54, 1.807) is 11.8 Å². The average molecular weight is 690 g/mol. The van der Waals surface area contributed by atoms with Crippen molar-refractivity contribution in [2.45, 2.75) is 9.79 Å². The number of rotatable bonds is 3. The fraction of sp³-hybridized carbons (Fsp3) is 0. The summed E-state index contributed by atoms with van der Waals surface area (Å²) in [5.74, 6) is 2.57. The first-order chi connectivity index (χ1) is 25.7. The lowest BCUT2D eigenvalue weighted by Crippen LogP contribution is -2.19. The van der Waals surface area contributed by atoms with Crippen molar-refractivity contribution in [2.75, 3.05) is 4.90 Å². The molecule has 12 rings (SSSR count). The second-order valence-electron chi connectivity index (χ2n) is 13.0. The van der Waals surface area contributed by atoms with Crippen molar-refractivity contribution in [3.63, 3.8) is 0 Å². The van der Waals surface area contributed by atoms with E-state index in [9.17, 15) is 0 Å². The van der Waals surface area contributed by atoms with Crippen LogP contribution in [0, 0.1) is 0 Å². The Kier molecular flexibility index (Phi) is 5.59. The van der Waals surface area contributed by atoms with Crippen LogP contribution < -0.4 is 9.64 Å². The highest BCUT2D eigenvalue weighted by molar-refractivity contribution is 7.99. The summed E-state index contributed by atoms with van der Waals surface area (Å²) in [7, 11) is 0. The van der Waals surface area contributed by atoms with E-state index in [2.05, 4.69) is 83.8 Å². The van der Waals surface area contributed by atoms with Crippen LogP contribution in [0.4, 0.5) is 17.1 Å². The number of fused-ring (bicyclic) bond motifs is 9. The first kappa shape index (κ1) is 28.0. The smallest absolute Gasteiger partial charge is 0.227 e. The van der Waals surface area contributed by atoms with Gasteiger partial charge < -0.3 is 22.9 Å². The molecule has 0 bridgehead atoms. The Bertz CT molecular complexity index is 3040. The van der Waals surface area contributed by atoms with Crippen molar-refractivity contribution in [3.05, 3.63) is 140 Å². The highest BCUT2D eigenvalue weighted by atomic mass is 32.2. The Morgan fingerprint density at radius 2 is 1.21 bits per heavy atom. The second kappa shape index (κ2) is 10.4. The maximum Gasteiger partial charge on any atom is 0.227 e. The second-order valence-corrected chi connectivity index (χ2v) is 14.1. The molecule has 0 aliphatic carbocycles. The van der Waals surface area contributed by atoms with Gasteiger partial charge in [-0.25, -0.2) is 9.97 Å². The lowest BCUT2D eigenvalue weighted by atomic mass is 10.0. The highest BCUT2D eigenvalue weighted by Gasteiger charge is 2.36. The van der Waals surface area contributed by atoms with Crippen molar-refractivity contribution in [1.29, 1.82) is 0 Å². The Balaban J connectivity index is 1.08. The highest BCUT2D eigenvalue weighted by Crippen LogP contribution is 2.62. The maximum atomic E-state index is 6.85. The molecule has 0 N–H and O–H groups in total. The van der Waals surface area contributed by atoms with Crippen LogP contribution in [0.3, 0.4) is 0 Å². The van der Waals surface area contributed by atoms with E-state index in [-0.39, 0.29) is 0 Å². The molecule has 7 nitrogen and oxygen atoms in total. The molecule has 0 saturated heterocycles. The predicted octanol–water partition coefficient (Wildman–Crippen LogP) is 12.9. The van der Waals surface area contributed by atoms with E-state index in [1.165, 1.54) is 0 Å². The third-order valence-corrected chi connectivity index (χ3v) is 11.0. The lowest BCUT2D eigenvalue weighted by molar-refractivity contribution is 0.475. The molecule has 0 fully saturated rings. The summed E-state index contributed by atoms with van der Waals surface area (Å²) < 4.78 is 26.0. The van der Waals surface area contributed by atoms with Crippen molar-refractivity contribution in [2.24, 2.45) is 0 Å². The number of ether oxygens (including phenoxy) is 1. The molecule has 10 aromatic rings. The Labute approximate surface area is 299 Å². The summed E-state index contributed by atoms with van der Waals surface area (Å²) >= 11 is 1.68. The molecule has 0 amide bonds. The summed E-state index contributed by atoms with van der Waals surface area (Å²) in [6.07, 6.45) is 0. The number of oxazole rings is 2. The van der Waals surface area contributed by atoms with Gasteiger partial charge in [0, 0.05) is 43.3 Å². The van der Waals surface area contributed by atoms with E-state index in [0.717, 1.165) is 105 Å². The minimum Gasteiger partial charge on any atom is -0.455 e. The van der Waals surface area contributed by atoms with Gasteiger partial charge in [-0.1, -0.05) is 84.6 Å². The molecule has 0 unspecified atom stereocenters.